The van der Waals surface area contributed by atoms with Crippen molar-refractivity contribution in [3.63, 3.8) is 0 Å². The van der Waals surface area contributed by atoms with Crippen molar-refractivity contribution in [2.24, 2.45) is 0 Å². The molecule has 1 atom stereocenters. The molecule has 8 nitrogen and oxygen atoms in total. The fourth-order valence-electron chi connectivity index (χ4n) is 2.51. The molecule has 0 spiro atoms. The molecule has 0 aliphatic carbocycles. The molecular weight excluding hydrogens is 370 g/mol. The first-order valence-electron chi connectivity index (χ1n) is 8.17. The fourth-order valence-corrected chi connectivity index (χ4v) is 3.60. The summed E-state index contributed by atoms with van der Waals surface area (Å²) in [6, 6.07) is 7.82. The van der Waals surface area contributed by atoms with Crippen LogP contribution in [-0.2, 0) is 14.8 Å². The van der Waals surface area contributed by atoms with E-state index in [1.54, 1.807) is 32.2 Å². The minimum absolute atomic E-state index is 0.0304. The van der Waals surface area contributed by atoms with Gasteiger partial charge in [0.05, 0.1) is 26.8 Å². The summed E-state index contributed by atoms with van der Waals surface area (Å²) in [5, 5.41) is 2.78. The SMILES string of the molecule is COc1ccc(OC)c(C(C)NC(=O)CN(C)S(=O)(=O)c2cccnc2)c1. The van der Waals surface area contributed by atoms with E-state index < -0.39 is 22.0 Å². The zero-order valence-electron chi connectivity index (χ0n) is 15.7. The number of benzene rings is 1. The van der Waals surface area contributed by atoms with Crippen LogP contribution in [0, 0.1) is 0 Å². The summed E-state index contributed by atoms with van der Waals surface area (Å²) in [5.74, 6) is 0.783. The Bertz CT molecular complexity index is 887. The number of rotatable bonds is 8. The Kier molecular flexibility index (Phi) is 6.75. The zero-order valence-corrected chi connectivity index (χ0v) is 16.5. The van der Waals surface area contributed by atoms with Crippen LogP contribution in [0.4, 0.5) is 0 Å². The Balaban J connectivity index is 2.09. The van der Waals surface area contributed by atoms with Gasteiger partial charge in [0.2, 0.25) is 15.9 Å². The fraction of sp³-hybridized carbons (Fsp3) is 0.333. The maximum Gasteiger partial charge on any atom is 0.244 e. The summed E-state index contributed by atoms with van der Waals surface area (Å²) in [4.78, 5) is 16.2. The molecule has 0 fully saturated rings. The number of methoxy groups -OCH3 is 2. The second-order valence-corrected chi connectivity index (χ2v) is 7.89. The average molecular weight is 393 g/mol. The Morgan fingerprint density at radius 3 is 2.59 bits per heavy atom. The number of hydrogen-bond acceptors (Lipinski definition) is 6. The largest absolute Gasteiger partial charge is 0.497 e. The van der Waals surface area contributed by atoms with Gasteiger partial charge in [-0.25, -0.2) is 8.42 Å². The number of sulfonamides is 1. The van der Waals surface area contributed by atoms with E-state index in [9.17, 15) is 13.2 Å². The highest BCUT2D eigenvalue weighted by Crippen LogP contribution is 2.29. The molecule has 1 heterocycles. The molecule has 9 heteroatoms. The average Bonchev–Trinajstić information content (AvgIpc) is 2.67. The number of nitrogens with one attached hydrogen (secondary N) is 1. The van der Waals surface area contributed by atoms with E-state index in [4.69, 9.17) is 9.47 Å². The summed E-state index contributed by atoms with van der Waals surface area (Å²) in [5.41, 5.74) is 0.725. The minimum atomic E-state index is -3.79. The smallest absolute Gasteiger partial charge is 0.244 e. The number of carbonyl (C=O) groups is 1. The maximum atomic E-state index is 12.5. The number of amides is 1. The molecule has 1 aromatic carbocycles. The maximum absolute atomic E-state index is 12.5. The third-order valence-electron chi connectivity index (χ3n) is 3.99. The highest BCUT2D eigenvalue weighted by Gasteiger charge is 2.24. The molecule has 2 rings (SSSR count). The van der Waals surface area contributed by atoms with Crippen LogP contribution in [0.5, 0.6) is 11.5 Å². The predicted molar refractivity (Wildman–Crippen MR) is 100 cm³/mol. The van der Waals surface area contributed by atoms with Gasteiger partial charge in [0, 0.05) is 25.0 Å². The third kappa shape index (κ3) is 4.95. The summed E-state index contributed by atoms with van der Waals surface area (Å²) >= 11 is 0. The Morgan fingerprint density at radius 1 is 1.26 bits per heavy atom. The van der Waals surface area contributed by atoms with Crippen LogP contribution >= 0.6 is 0 Å². The monoisotopic (exact) mass is 393 g/mol. The van der Waals surface area contributed by atoms with Crippen molar-refractivity contribution in [3.05, 3.63) is 48.3 Å². The van der Waals surface area contributed by atoms with Gasteiger partial charge >= 0.3 is 0 Å². The molecule has 0 saturated heterocycles. The van der Waals surface area contributed by atoms with Crippen molar-refractivity contribution in [2.75, 3.05) is 27.8 Å². The first kappa shape index (κ1) is 20.7. The topological polar surface area (TPSA) is 97.8 Å². The van der Waals surface area contributed by atoms with Crippen LogP contribution in [0.25, 0.3) is 0 Å². The van der Waals surface area contributed by atoms with E-state index >= 15 is 0 Å². The normalized spacial score (nSPS) is 12.5. The van der Waals surface area contributed by atoms with Crippen molar-refractivity contribution in [1.29, 1.82) is 0 Å². The van der Waals surface area contributed by atoms with Gasteiger partial charge in [-0.05, 0) is 37.3 Å². The number of hydrogen-bond donors (Lipinski definition) is 1. The molecule has 1 unspecified atom stereocenters. The zero-order chi connectivity index (χ0) is 20.0. The first-order chi connectivity index (χ1) is 12.8. The number of aromatic nitrogens is 1. The number of carbonyl (C=O) groups excluding carboxylic acids is 1. The lowest BCUT2D eigenvalue weighted by Gasteiger charge is -2.21. The van der Waals surface area contributed by atoms with E-state index in [1.807, 2.05) is 0 Å². The van der Waals surface area contributed by atoms with E-state index in [1.165, 1.54) is 38.7 Å². The van der Waals surface area contributed by atoms with Crippen molar-refractivity contribution in [1.82, 2.24) is 14.6 Å². The molecule has 0 bridgehead atoms. The van der Waals surface area contributed by atoms with Gasteiger partial charge in [0.1, 0.15) is 16.4 Å². The van der Waals surface area contributed by atoms with Gasteiger partial charge in [-0.2, -0.15) is 4.31 Å². The molecule has 0 saturated carbocycles. The second-order valence-electron chi connectivity index (χ2n) is 5.85. The standard InChI is InChI=1S/C18H23N3O5S/c1-13(16-10-14(25-3)7-8-17(16)26-4)20-18(22)12-21(2)27(23,24)15-6-5-9-19-11-15/h5-11,13H,12H2,1-4H3,(H,20,22). The highest BCUT2D eigenvalue weighted by molar-refractivity contribution is 7.89. The molecule has 0 aliphatic heterocycles. The minimum Gasteiger partial charge on any atom is -0.497 e. The predicted octanol–water partition coefficient (Wildman–Crippen LogP) is 1.60. The van der Waals surface area contributed by atoms with Crippen LogP contribution in [0.3, 0.4) is 0 Å². The van der Waals surface area contributed by atoms with Crippen LogP contribution in [0.15, 0.2) is 47.6 Å². The lowest BCUT2D eigenvalue weighted by molar-refractivity contribution is -0.121. The molecule has 1 aromatic heterocycles. The van der Waals surface area contributed by atoms with Gasteiger partial charge in [0.15, 0.2) is 0 Å². The lowest BCUT2D eigenvalue weighted by Crippen LogP contribution is -2.39. The quantitative estimate of drug-likeness (QED) is 0.732. The molecule has 1 N–H and O–H groups in total. The van der Waals surface area contributed by atoms with E-state index in [2.05, 4.69) is 10.3 Å². The summed E-state index contributed by atoms with van der Waals surface area (Å²) in [6.45, 7) is 1.46. The second kappa shape index (κ2) is 8.83. The number of ether oxygens (including phenoxy) is 2. The van der Waals surface area contributed by atoms with Crippen molar-refractivity contribution < 1.29 is 22.7 Å². The molecule has 146 valence electrons. The Hall–Kier alpha value is -2.65. The highest BCUT2D eigenvalue weighted by atomic mass is 32.2. The summed E-state index contributed by atoms with van der Waals surface area (Å²) in [6.07, 6.45) is 2.72. The van der Waals surface area contributed by atoms with Gasteiger partial charge in [0.25, 0.3) is 0 Å². The van der Waals surface area contributed by atoms with Gasteiger partial charge in [-0.3, -0.25) is 9.78 Å². The molecule has 0 aliphatic rings. The van der Waals surface area contributed by atoms with Crippen LogP contribution < -0.4 is 14.8 Å². The first-order valence-corrected chi connectivity index (χ1v) is 9.61. The summed E-state index contributed by atoms with van der Waals surface area (Å²) in [7, 11) is 0.638. The van der Waals surface area contributed by atoms with Gasteiger partial charge in [-0.15, -0.1) is 0 Å². The van der Waals surface area contributed by atoms with Crippen LogP contribution in [-0.4, -0.2) is 51.4 Å². The Morgan fingerprint density at radius 2 is 2.00 bits per heavy atom. The third-order valence-corrected chi connectivity index (χ3v) is 5.78. The van der Waals surface area contributed by atoms with Gasteiger partial charge in [-0.1, -0.05) is 0 Å². The Labute approximate surface area is 159 Å². The van der Waals surface area contributed by atoms with Crippen molar-refractivity contribution >= 4 is 15.9 Å². The van der Waals surface area contributed by atoms with Gasteiger partial charge < -0.3 is 14.8 Å². The molecule has 0 radical (unpaired) electrons. The molecular formula is C18H23N3O5S. The molecule has 1 amide bonds. The van der Waals surface area contributed by atoms with Crippen molar-refractivity contribution in [2.45, 2.75) is 17.9 Å². The lowest BCUT2D eigenvalue weighted by atomic mass is 10.1. The molecule has 27 heavy (non-hydrogen) atoms. The number of nitrogens with zero attached hydrogens (tertiary/aromatic N) is 2. The van der Waals surface area contributed by atoms with Crippen LogP contribution in [0.1, 0.15) is 18.5 Å². The van der Waals surface area contributed by atoms with E-state index in [0.717, 1.165) is 9.87 Å². The number of pyridine rings is 1. The summed E-state index contributed by atoms with van der Waals surface area (Å²) < 4.78 is 36.5. The van der Waals surface area contributed by atoms with E-state index in [0.29, 0.717) is 11.5 Å². The van der Waals surface area contributed by atoms with E-state index in [-0.39, 0.29) is 11.4 Å². The molecule has 2 aromatic rings. The van der Waals surface area contributed by atoms with Crippen LogP contribution in [0.2, 0.25) is 0 Å². The van der Waals surface area contributed by atoms with Crippen molar-refractivity contribution in [3.8, 4) is 11.5 Å². The number of likely N-dealkylation sites (N-methyl/N-ethyl adjacent to an activating group) is 1.